The van der Waals surface area contributed by atoms with E-state index in [1.54, 1.807) is 11.3 Å². The summed E-state index contributed by atoms with van der Waals surface area (Å²) in [5.41, 5.74) is 10.7. The number of hydrogen-bond donors (Lipinski definition) is 1. The van der Waals surface area contributed by atoms with E-state index in [0.29, 0.717) is 6.54 Å². The third-order valence-corrected chi connectivity index (χ3v) is 3.33. The number of nitrogens with zero attached hydrogens (tertiary/aromatic N) is 2. The number of thiazole rings is 1. The Balaban J connectivity index is 2.06. The zero-order valence-electron chi connectivity index (χ0n) is 11.0. The summed E-state index contributed by atoms with van der Waals surface area (Å²) in [7, 11) is 2.09. The van der Waals surface area contributed by atoms with Crippen LogP contribution in [0.2, 0.25) is 0 Å². The Labute approximate surface area is 118 Å². The average molecular weight is 271 g/mol. The molecule has 2 aromatic rings. The van der Waals surface area contributed by atoms with Gasteiger partial charge in [-0.2, -0.15) is 0 Å². The standard InChI is InChI=1S/C15H17N3S/c1-18(10-15-11-19-12-17-15)9-14-6-3-2-5-13(14)7-4-8-16/h2-3,5-6,11-12H,8-10,16H2,1H3. The minimum Gasteiger partial charge on any atom is -0.320 e. The summed E-state index contributed by atoms with van der Waals surface area (Å²) in [6.45, 7) is 2.10. The van der Waals surface area contributed by atoms with Crippen LogP contribution in [0.1, 0.15) is 16.8 Å². The maximum absolute atomic E-state index is 5.43. The van der Waals surface area contributed by atoms with Crippen LogP contribution in [0.3, 0.4) is 0 Å². The highest BCUT2D eigenvalue weighted by molar-refractivity contribution is 7.07. The summed E-state index contributed by atoms with van der Waals surface area (Å²) in [5.74, 6) is 6.03. The smallest absolute Gasteiger partial charge is 0.0795 e. The van der Waals surface area contributed by atoms with Crippen LogP contribution >= 0.6 is 11.3 Å². The van der Waals surface area contributed by atoms with Gasteiger partial charge in [0.2, 0.25) is 0 Å². The zero-order valence-corrected chi connectivity index (χ0v) is 11.8. The van der Waals surface area contributed by atoms with Crippen molar-refractivity contribution in [3.8, 4) is 11.8 Å². The van der Waals surface area contributed by atoms with Gasteiger partial charge in [-0.1, -0.05) is 30.0 Å². The van der Waals surface area contributed by atoms with Crippen molar-refractivity contribution >= 4 is 11.3 Å². The normalized spacial score (nSPS) is 10.3. The molecule has 0 aliphatic heterocycles. The predicted molar refractivity (Wildman–Crippen MR) is 79.7 cm³/mol. The minimum absolute atomic E-state index is 0.392. The molecule has 98 valence electrons. The quantitative estimate of drug-likeness (QED) is 0.866. The number of nitrogens with two attached hydrogens (primary N) is 1. The number of benzene rings is 1. The fraction of sp³-hybridized carbons (Fsp3) is 0.267. The summed E-state index contributed by atoms with van der Waals surface area (Å²) in [6, 6.07) is 8.19. The van der Waals surface area contributed by atoms with E-state index in [0.717, 1.165) is 24.3 Å². The van der Waals surface area contributed by atoms with Crippen LogP contribution in [-0.2, 0) is 13.1 Å². The van der Waals surface area contributed by atoms with Crippen molar-refractivity contribution in [2.24, 2.45) is 5.73 Å². The molecular weight excluding hydrogens is 254 g/mol. The highest BCUT2D eigenvalue weighted by atomic mass is 32.1. The number of hydrogen-bond acceptors (Lipinski definition) is 4. The molecule has 0 saturated heterocycles. The van der Waals surface area contributed by atoms with Crippen LogP contribution in [0.25, 0.3) is 0 Å². The third-order valence-electron chi connectivity index (χ3n) is 2.70. The van der Waals surface area contributed by atoms with Gasteiger partial charge in [0.25, 0.3) is 0 Å². The molecule has 0 unspecified atom stereocenters. The van der Waals surface area contributed by atoms with Gasteiger partial charge >= 0.3 is 0 Å². The topological polar surface area (TPSA) is 42.2 Å². The summed E-state index contributed by atoms with van der Waals surface area (Å²) < 4.78 is 0. The lowest BCUT2D eigenvalue weighted by Crippen LogP contribution is -2.18. The lowest BCUT2D eigenvalue weighted by molar-refractivity contribution is 0.315. The van der Waals surface area contributed by atoms with Gasteiger partial charge < -0.3 is 5.73 Å². The average Bonchev–Trinajstić information content (AvgIpc) is 2.90. The van der Waals surface area contributed by atoms with Crippen LogP contribution < -0.4 is 5.73 Å². The molecule has 0 spiro atoms. The first-order valence-corrected chi connectivity index (χ1v) is 7.06. The van der Waals surface area contributed by atoms with Crippen LogP contribution in [-0.4, -0.2) is 23.5 Å². The van der Waals surface area contributed by atoms with Crippen molar-refractivity contribution in [1.82, 2.24) is 9.88 Å². The highest BCUT2D eigenvalue weighted by Crippen LogP contribution is 2.12. The first-order chi connectivity index (χ1) is 9.29. The Bertz CT molecular complexity index is 567. The summed E-state index contributed by atoms with van der Waals surface area (Å²) in [4.78, 5) is 6.54. The van der Waals surface area contributed by atoms with Crippen LogP contribution in [0, 0.1) is 11.8 Å². The molecule has 0 bridgehead atoms. The Hall–Kier alpha value is -1.67. The van der Waals surface area contributed by atoms with Gasteiger partial charge in [-0.25, -0.2) is 4.98 Å². The van der Waals surface area contributed by atoms with Gasteiger partial charge in [0.05, 0.1) is 17.7 Å². The molecule has 2 rings (SSSR count). The van der Waals surface area contributed by atoms with Crippen molar-refractivity contribution in [2.75, 3.05) is 13.6 Å². The molecule has 0 radical (unpaired) electrons. The molecular formula is C15H17N3S. The first kappa shape index (κ1) is 13.8. The molecule has 2 N–H and O–H groups in total. The molecule has 0 amide bonds. The van der Waals surface area contributed by atoms with Crippen molar-refractivity contribution in [3.05, 3.63) is 52.0 Å². The molecule has 0 aliphatic rings. The third kappa shape index (κ3) is 4.18. The van der Waals surface area contributed by atoms with E-state index in [1.807, 2.05) is 23.7 Å². The first-order valence-electron chi connectivity index (χ1n) is 6.12. The summed E-state index contributed by atoms with van der Waals surface area (Å²) in [5, 5.41) is 2.08. The van der Waals surface area contributed by atoms with E-state index in [2.05, 4.69) is 40.2 Å². The zero-order chi connectivity index (χ0) is 13.5. The molecule has 0 aliphatic carbocycles. The largest absolute Gasteiger partial charge is 0.320 e. The van der Waals surface area contributed by atoms with Crippen molar-refractivity contribution in [3.63, 3.8) is 0 Å². The molecule has 0 atom stereocenters. The van der Waals surface area contributed by atoms with E-state index in [4.69, 9.17) is 5.73 Å². The van der Waals surface area contributed by atoms with E-state index < -0.39 is 0 Å². The Morgan fingerprint density at radius 3 is 2.89 bits per heavy atom. The van der Waals surface area contributed by atoms with Crippen molar-refractivity contribution in [2.45, 2.75) is 13.1 Å². The van der Waals surface area contributed by atoms with E-state index in [1.165, 1.54) is 5.56 Å². The van der Waals surface area contributed by atoms with Crippen molar-refractivity contribution in [1.29, 1.82) is 0 Å². The molecule has 1 aromatic carbocycles. The lowest BCUT2D eigenvalue weighted by atomic mass is 10.1. The predicted octanol–water partition coefficient (Wildman–Crippen LogP) is 2.09. The Morgan fingerprint density at radius 1 is 1.32 bits per heavy atom. The number of rotatable bonds is 4. The Kier molecular flexibility index (Phi) is 5.10. The second kappa shape index (κ2) is 7.05. The second-order valence-corrected chi connectivity index (χ2v) is 5.03. The van der Waals surface area contributed by atoms with Gasteiger partial charge in [-0.15, -0.1) is 11.3 Å². The molecule has 1 heterocycles. The lowest BCUT2D eigenvalue weighted by Gasteiger charge is -2.16. The maximum atomic E-state index is 5.43. The molecule has 3 nitrogen and oxygen atoms in total. The van der Waals surface area contributed by atoms with E-state index in [-0.39, 0.29) is 0 Å². The molecule has 4 heteroatoms. The van der Waals surface area contributed by atoms with Crippen LogP contribution in [0.5, 0.6) is 0 Å². The second-order valence-electron chi connectivity index (χ2n) is 4.32. The number of aromatic nitrogens is 1. The van der Waals surface area contributed by atoms with Crippen LogP contribution in [0.15, 0.2) is 35.2 Å². The van der Waals surface area contributed by atoms with Gasteiger partial charge in [0, 0.05) is 24.0 Å². The fourth-order valence-corrected chi connectivity index (χ4v) is 2.41. The van der Waals surface area contributed by atoms with Gasteiger partial charge in [0.1, 0.15) is 0 Å². The fourth-order valence-electron chi connectivity index (χ4n) is 1.87. The van der Waals surface area contributed by atoms with Gasteiger partial charge in [-0.3, -0.25) is 4.90 Å². The van der Waals surface area contributed by atoms with Crippen molar-refractivity contribution < 1.29 is 0 Å². The monoisotopic (exact) mass is 271 g/mol. The Morgan fingerprint density at radius 2 is 2.16 bits per heavy atom. The van der Waals surface area contributed by atoms with Gasteiger partial charge in [-0.05, 0) is 18.7 Å². The molecule has 0 fully saturated rings. The molecule has 0 saturated carbocycles. The molecule has 1 aromatic heterocycles. The SMILES string of the molecule is CN(Cc1cscn1)Cc1ccccc1C#CCN. The van der Waals surface area contributed by atoms with E-state index in [9.17, 15) is 0 Å². The summed E-state index contributed by atoms with van der Waals surface area (Å²) in [6.07, 6.45) is 0. The van der Waals surface area contributed by atoms with Crippen LogP contribution in [0.4, 0.5) is 0 Å². The minimum atomic E-state index is 0.392. The summed E-state index contributed by atoms with van der Waals surface area (Å²) >= 11 is 1.63. The maximum Gasteiger partial charge on any atom is 0.0795 e. The highest BCUT2D eigenvalue weighted by Gasteiger charge is 2.05. The van der Waals surface area contributed by atoms with Gasteiger partial charge in [0.15, 0.2) is 0 Å². The molecule has 19 heavy (non-hydrogen) atoms. The van der Waals surface area contributed by atoms with E-state index >= 15 is 0 Å².